The fourth-order valence-corrected chi connectivity index (χ4v) is 2.39. The summed E-state index contributed by atoms with van der Waals surface area (Å²) in [5.74, 6) is 0.236. The van der Waals surface area contributed by atoms with Crippen molar-refractivity contribution in [3.63, 3.8) is 0 Å². The first-order valence-corrected chi connectivity index (χ1v) is 7.89. The molecule has 7 heteroatoms. The van der Waals surface area contributed by atoms with E-state index in [-0.39, 0.29) is 12.5 Å². The summed E-state index contributed by atoms with van der Waals surface area (Å²) in [7, 11) is 3.07. The van der Waals surface area contributed by atoms with Crippen LogP contribution in [0.25, 0.3) is 0 Å². The first-order chi connectivity index (χ1) is 12.4. The Morgan fingerprint density at radius 1 is 1.08 bits per heavy atom. The molecule has 2 rings (SSSR count). The number of nitrogens with one attached hydrogen (secondary N) is 1. The van der Waals surface area contributed by atoms with Crippen molar-refractivity contribution in [2.24, 2.45) is 0 Å². The van der Waals surface area contributed by atoms with Crippen LogP contribution in [0.15, 0.2) is 36.4 Å². The van der Waals surface area contributed by atoms with Crippen molar-refractivity contribution in [1.82, 2.24) is 5.32 Å². The highest BCUT2D eigenvalue weighted by Gasteiger charge is 2.13. The van der Waals surface area contributed by atoms with E-state index in [0.717, 1.165) is 11.1 Å². The molecule has 0 aromatic heterocycles. The first kappa shape index (κ1) is 19.1. The molecular formula is C19H21NO6. The molecule has 0 fully saturated rings. The van der Waals surface area contributed by atoms with Gasteiger partial charge in [-0.3, -0.25) is 4.79 Å². The van der Waals surface area contributed by atoms with E-state index >= 15 is 0 Å². The Hall–Kier alpha value is -3.22. The maximum Gasteiger partial charge on any atom is 0.341 e. The van der Waals surface area contributed by atoms with Gasteiger partial charge >= 0.3 is 5.97 Å². The summed E-state index contributed by atoms with van der Waals surface area (Å²) in [5, 5.41) is 11.5. The first-order valence-electron chi connectivity index (χ1n) is 7.89. The van der Waals surface area contributed by atoms with Gasteiger partial charge in [0.2, 0.25) is 0 Å². The molecule has 0 radical (unpaired) electrons. The third-order valence-corrected chi connectivity index (χ3v) is 3.73. The number of methoxy groups -OCH3 is 2. The number of carbonyl (C=O) groups is 2. The smallest absolute Gasteiger partial charge is 0.341 e. The third kappa shape index (κ3) is 4.89. The summed E-state index contributed by atoms with van der Waals surface area (Å²) in [6, 6.07) is 10.2. The van der Waals surface area contributed by atoms with E-state index in [9.17, 15) is 9.59 Å². The average Bonchev–Trinajstić information content (AvgIpc) is 2.65. The molecule has 2 aromatic rings. The van der Waals surface area contributed by atoms with E-state index in [2.05, 4.69) is 5.32 Å². The van der Waals surface area contributed by atoms with Crippen molar-refractivity contribution in [2.45, 2.75) is 13.5 Å². The standard InChI is InChI=1S/C19H21NO6/c1-12-16(24-2)8-14(9-17(12)25-3)19(23)20-10-13-5-4-6-15(7-13)26-11-18(21)22/h4-9H,10-11H2,1-3H3,(H,20,23)(H,21,22). The summed E-state index contributed by atoms with van der Waals surface area (Å²) in [4.78, 5) is 23.0. The number of rotatable bonds is 8. The summed E-state index contributed by atoms with van der Waals surface area (Å²) >= 11 is 0. The number of aliphatic carboxylic acids is 1. The number of ether oxygens (including phenoxy) is 3. The Balaban J connectivity index is 2.07. The van der Waals surface area contributed by atoms with E-state index in [4.69, 9.17) is 19.3 Å². The Morgan fingerprint density at radius 3 is 2.31 bits per heavy atom. The van der Waals surface area contributed by atoms with Gasteiger partial charge in [-0.15, -0.1) is 0 Å². The van der Waals surface area contributed by atoms with Crippen LogP contribution in [0.4, 0.5) is 0 Å². The lowest BCUT2D eigenvalue weighted by Gasteiger charge is -2.13. The molecule has 2 aromatic carbocycles. The maximum absolute atomic E-state index is 12.4. The van der Waals surface area contributed by atoms with E-state index in [1.165, 1.54) is 14.2 Å². The zero-order valence-corrected chi connectivity index (χ0v) is 14.9. The highest BCUT2D eigenvalue weighted by atomic mass is 16.5. The van der Waals surface area contributed by atoms with Gasteiger partial charge < -0.3 is 24.6 Å². The zero-order chi connectivity index (χ0) is 19.1. The van der Waals surface area contributed by atoms with Gasteiger partial charge in [-0.25, -0.2) is 4.79 Å². The molecule has 0 aliphatic carbocycles. The number of hydrogen-bond donors (Lipinski definition) is 2. The van der Waals surface area contributed by atoms with Gasteiger partial charge in [0.15, 0.2) is 6.61 Å². The predicted octanol–water partition coefficient (Wildman–Crippen LogP) is 2.41. The Labute approximate surface area is 151 Å². The van der Waals surface area contributed by atoms with Crippen LogP contribution in [0.3, 0.4) is 0 Å². The molecule has 0 spiro atoms. The number of carbonyl (C=O) groups excluding carboxylic acids is 1. The van der Waals surface area contributed by atoms with Crippen LogP contribution < -0.4 is 19.5 Å². The molecule has 0 saturated heterocycles. The number of amides is 1. The van der Waals surface area contributed by atoms with Gasteiger partial charge in [-0.05, 0) is 36.8 Å². The van der Waals surface area contributed by atoms with Crippen LogP contribution >= 0.6 is 0 Å². The summed E-state index contributed by atoms with van der Waals surface area (Å²) in [6.45, 7) is 1.70. The number of hydrogen-bond acceptors (Lipinski definition) is 5. The fourth-order valence-electron chi connectivity index (χ4n) is 2.39. The lowest BCUT2D eigenvalue weighted by molar-refractivity contribution is -0.139. The van der Waals surface area contributed by atoms with Gasteiger partial charge in [0, 0.05) is 17.7 Å². The van der Waals surface area contributed by atoms with Crippen molar-refractivity contribution < 1.29 is 28.9 Å². The Kier molecular flexibility index (Phi) is 6.43. The third-order valence-electron chi connectivity index (χ3n) is 3.73. The maximum atomic E-state index is 12.4. The topological polar surface area (TPSA) is 94.1 Å². The van der Waals surface area contributed by atoms with E-state index in [1.807, 2.05) is 13.0 Å². The van der Waals surface area contributed by atoms with Crippen LogP contribution in [0.2, 0.25) is 0 Å². The molecule has 0 unspecified atom stereocenters. The average molecular weight is 359 g/mol. The van der Waals surface area contributed by atoms with Crippen molar-refractivity contribution in [1.29, 1.82) is 0 Å². The molecule has 0 heterocycles. The quantitative estimate of drug-likeness (QED) is 0.752. The van der Waals surface area contributed by atoms with E-state index < -0.39 is 12.6 Å². The van der Waals surface area contributed by atoms with E-state index in [1.54, 1.807) is 30.3 Å². The lowest BCUT2D eigenvalue weighted by atomic mass is 10.1. The molecule has 0 aliphatic heterocycles. The SMILES string of the molecule is COc1cc(C(=O)NCc2cccc(OCC(=O)O)c2)cc(OC)c1C. The molecule has 7 nitrogen and oxygen atoms in total. The number of benzene rings is 2. The molecule has 26 heavy (non-hydrogen) atoms. The molecule has 0 bridgehead atoms. The zero-order valence-electron chi connectivity index (χ0n) is 14.9. The van der Waals surface area contributed by atoms with Crippen molar-refractivity contribution in [2.75, 3.05) is 20.8 Å². The van der Waals surface area contributed by atoms with Crippen LogP contribution in [-0.2, 0) is 11.3 Å². The van der Waals surface area contributed by atoms with Gasteiger partial charge in [0.05, 0.1) is 14.2 Å². The normalized spacial score (nSPS) is 10.1. The van der Waals surface area contributed by atoms with E-state index in [0.29, 0.717) is 22.8 Å². The number of carboxylic acid groups (broad SMARTS) is 1. The monoisotopic (exact) mass is 359 g/mol. The second kappa shape index (κ2) is 8.75. The molecule has 138 valence electrons. The lowest BCUT2D eigenvalue weighted by Crippen LogP contribution is -2.23. The minimum Gasteiger partial charge on any atom is -0.496 e. The highest BCUT2D eigenvalue weighted by molar-refractivity contribution is 5.95. The van der Waals surface area contributed by atoms with Crippen LogP contribution in [-0.4, -0.2) is 37.8 Å². The van der Waals surface area contributed by atoms with Gasteiger partial charge in [-0.2, -0.15) is 0 Å². The van der Waals surface area contributed by atoms with Crippen LogP contribution in [0.5, 0.6) is 17.2 Å². The molecule has 0 atom stereocenters. The van der Waals surface area contributed by atoms with Gasteiger partial charge in [0.25, 0.3) is 5.91 Å². The molecule has 0 saturated carbocycles. The second-order valence-electron chi connectivity index (χ2n) is 5.52. The Morgan fingerprint density at radius 2 is 1.73 bits per heavy atom. The molecule has 0 aliphatic rings. The number of carboxylic acids is 1. The predicted molar refractivity (Wildman–Crippen MR) is 95.0 cm³/mol. The van der Waals surface area contributed by atoms with Crippen LogP contribution in [0, 0.1) is 6.92 Å². The summed E-state index contributed by atoms with van der Waals surface area (Å²) in [6.07, 6.45) is 0. The van der Waals surface area contributed by atoms with Crippen molar-refractivity contribution in [3.8, 4) is 17.2 Å². The molecule has 2 N–H and O–H groups in total. The minimum absolute atomic E-state index is 0.265. The van der Waals surface area contributed by atoms with Crippen molar-refractivity contribution >= 4 is 11.9 Å². The van der Waals surface area contributed by atoms with Gasteiger partial charge in [0.1, 0.15) is 17.2 Å². The highest BCUT2D eigenvalue weighted by Crippen LogP contribution is 2.29. The van der Waals surface area contributed by atoms with Gasteiger partial charge in [-0.1, -0.05) is 12.1 Å². The largest absolute Gasteiger partial charge is 0.496 e. The molecule has 1 amide bonds. The van der Waals surface area contributed by atoms with Crippen molar-refractivity contribution in [3.05, 3.63) is 53.1 Å². The Bertz CT molecular complexity index is 777. The second-order valence-corrected chi connectivity index (χ2v) is 5.52. The molecular weight excluding hydrogens is 338 g/mol. The van der Waals surface area contributed by atoms with Crippen LogP contribution in [0.1, 0.15) is 21.5 Å². The summed E-state index contributed by atoms with van der Waals surface area (Å²) in [5.41, 5.74) is 2.02. The summed E-state index contributed by atoms with van der Waals surface area (Å²) < 4.78 is 15.7. The minimum atomic E-state index is -1.05. The fraction of sp³-hybridized carbons (Fsp3) is 0.263.